The van der Waals surface area contributed by atoms with Crippen molar-refractivity contribution in [2.24, 2.45) is 0 Å². The largest absolute Gasteiger partial charge is 0.368 e. The first-order chi connectivity index (χ1) is 8.94. The zero-order valence-corrected chi connectivity index (χ0v) is 11.4. The first-order valence-electron chi connectivity index (χ1n) is 5.90. The van der Waals surface area contributed by atoms with Crippen LogP contribution in [0, 0.1) is 0 Å². The fourth-order valence-corrected chi connectivity index (χ4v) is 2.35. The SMILES string of the molecule is CC1(C)OCC(Cn2cnc3c(Cl)nc(N)nc32)O1. The van der Waals surface area contributed by atoms with Crippen molar-refractivity contribution in [3.05, 3.63) is 11.5 Å². The van der Waals surface area contributed by atoms with Crippen molar-refractivity contribution in [1.29, 1.82) is 0 Å². The molecule has 1 unspecified atom stereocenters. The summed E-state index contributed by atoms with van der Waals surface area (Å²) in [6.07, 6.45) is 1.60. The van der Waals surface area contributed by atoms with Gasteiger partial charge < -0.3 is 19.8 Å². The molecule has 2 N–H and O–H groups in total. The second kappa shape index (κ2) is 4.29. The van der Waals surface area contributed by atoms with E-state index in [1.807, 2.05) is 18.4 Å². The molecule has 7 nitrogen and oxygen atoms in total. The van der Waals surface area contributed by atoms with E-state index in [1.54, 1.807) is 6.33 Å². The van der Waals surface area contributed by atoms with Crippen molar-refractivity contribution in [3.63, 3.8) is 0 Å². The van der Waals surface area contributed by atoms with Gasteiger partial charge >= 0.3 is 0 Å². The Labute approximate surface area is 114 Å². The van der Waals surface area contributed by atoms with E-state index >= 15 is 0 Å². The third-order valence-electron chi connectivity index (χ3n) is 2.91. The Morgan fingerprint density at radius 3 is 3.00 bits per heavy atom. The van der Waals surface area contributed by atoms with E-state index in [9.17, 15) is 0 Å². The molecule has 0 aromatic carbocycles. The van der Waals surface area contributed by atoms with E-state index < -0.39 is 5.79 Å². The molecule has 19 heavy (non-hydrogen) atoms. The maximum absolute atomic E-state index is 5.97. The van der Waals surface area contributed by atoms with Gasteiger partial charge in [0.15, 0.2) is 16.6 Å². The maximum Gasteiger partial charge on any atom is 0.223 e. The fourth-order valence-electron chi connectivity index (χ4n) is 2.13. The highest BCUT2D eigenvalue weighted by Gasteiger charge is 2.33. The van der Waals surface area contributed by atoms with Crippen LogP contribution in [0.25, 0.3) is 11.2 Å². The van der Waals surface area contributed by atoms with E-state index in [1.165, 1.54) is 0 Å². The molecule has 2 aromatic rings. The monoisotopic (exact) mass is 283 g/mol. The maximum atomic E-state index is 5.97. The van der Waals surface area contributed by atoms with Crippen molar-refractivity contribution in [2.45, 2.75) is 32.3 Å². The summed E-state index contributed by atoms with van der Waals surface area (Å²) in [5.41, 5.74) is 6.74. The normalized spacial score (nSPS) is 22.2. The number of anilines is 1. The third-order valence-corrected chi connectivity index (χ3v) is 3.17. The molecule has 0 bridgehead atoms. The number of imidazole rings is 1. The summed E-state index contributed by atoms with van der Waals surface area (Å²) in [6, 6.07) is 0. The van der Waals surface area contributed by atoms with Gasteiger partial charge in [0.2, 0.25) is 5.95 Å². The summed E-state index contributed by atoms with van der Waals surface area (Å²) < 4.78 is 13.1. The summed E-state index contributed by atoms with van der Waals surface area (Å²) in [5.74, 6) is -0.421. The number of halogens is 1. The predicted molar refractivity (Wildman–Crippen MR) is 69.6 cm³/mol. The van der Waals surface area contributed by atoms with E-state index in [4.69, 9.17) is 26.8 Å². The van der Waals surface area contributed by atoms with Crippen molar-refractivity contribution in [1.82, 2.24) is 19.5 Å². The van der Waals surface area contributed by atoms with Gasteiger partial charge in [0.1, 0.15) is 11.6 Å². The summed E-state index contributed by atoms with van der Waals surface area (Å²) >= 11 is 5.97. The molecule has 2 aromatic heterocycles. The lowest BCUT2D eigenvalue weighted by Crippen LogP contribution is -2.24. The van der Waals surface area contributed by atoms with Gasteiger partial charge in [-0.15, -0.1) is 0 Å². The Balaban J connectivity index is 1.90. The Morgan fingerprint density at radius 2 is 2.32 bits per heavy atom. The Bertz CT molecular complexity index is 627. The molecule has 1 saturated heterocycles. The number of ether oxygens (including phenoxy) is 2. The number of hydrogen-bond donors (Lipinski definition) is 1. The molecule has 0 saturated carbocycles. The number of nitrogen functional groups attached to an aromatic ring is 1. The Morgan fingerprint density at radius 1 is 1.53 bits per heavy atom. The number of rotatable bonds is 2. The molecule has 0 radical (unpaired) electrons. The number of nitrogens with two attached hydrogens (primary N) is 1. The van der Waals surface area contributed by atoms with E-state index in [0.29, 0.717) is 24.3 Å². The number of fused-ring (bicyclic) bond motifs is 1. The van der Waals surface area contributed by atoms with Gasteiger partial charge in [-0.3, -0.25) is 0 Å². The second-order valence-corrected chi connectivity index (χ2v) is 5.25. The Kier molecular flexibility index (Phi) is 2.84. The number of hydrogen-bond acceptors (Lipinski definition) is 6. The van der Waals surface area contributed by atoms with Gasteiger partial charge in [-0.2, -0.15) is 9.97 Å². The molecule has 0 spiro atoms. The number of aromatic nitrogens is 4. The first kappa shape index (κ1) is 12.6. The highest BCUT2D eigenvalue weighted by Crippen LogP contribution is 2.25. The zero-order chi connectivity index (χ0) is 13.6. The van der Waals surface area contributed by atoms with Gasteiger partial charge in [0.05, 0.1) is 19.5 Å². The second-order valence-electron chi connectivity index (χ2n) is 4.89. The highest BCUT2D eigenvalue weighted by molar-refractivity contribution is 6.33. The van der Waals surface area contributed by atoms with Crippen molar-refractivity contribution < 1.29 is 9.47 Å². The fraction of sp³-hybridized carbons (Fsp3) is 0.545. The molecular formula is C11H14ClN5O2. The van der Waals surface area contributed by atoms with Crippen LogP contribution in [0.15, 0.2) is 6.33 Å². The molecule has 1 fully saturated rings. The van der Waals surface area contributed by atoms with Crippen LogP contribution in [0.4, 0.5) is 5.95 Å². The van der Waals surface area contributed by atoms with Crippen LogP contribution in [0.3, 0.4) is 0 Å². The zero-order valence-electron chi connectivity index (χ0n) is 10.6. The minimum Gasteiger partial charge on any atom is -0.368 e. The van der Waals surface area contributed by atoms with Crippen LogP contribution in [-0.2, 0) is 16.0 Å². The van der Waals surface area contributed by atoms with Gasteiger partial charge in [0, 0.05) is 0 Å². The van der Waals surface area contributed by atoms with Crippen LogP contribution >= 0.6 is 11.6 Å². The van der Waals surface area contributed by atoms with Gasteiger partial charge in [-0.25, -0.2) is 4.98 Å². The smallest absolute Gasteiger partial charge is 0.223 e. The summed E-state index contributed by atoms with van der Waals surface area (Å²) in [4.78, 5) is 12.2. The lowest BCUT2D eigenvalue weighted by molar-refractivity contribution is -0.139. The standard InChI is InChI=1S/C11H14ClN5O2/c1-11(2)18-4-6(19-11)3-17-5-14-7-8(12)15-10(13)16-9(7)17/h5-6H,3-4H2,1-2H3,(H2,13,15,16). The van der Waals surface area contributed by atoms with E-state index in [0.717, 1.165) is 0 Å². The molecule has 102 valence electrons. The van der Waals surface area contributed by atoms with Crippen molar-refractivity contribution in [3.8, 4) is 0 Å². The highest BCUT2D eigenvalue weighted by atomic mass is 35.5. The van der Waals surface area contributed by atoms with E-state index in [-0.39, 0.29) is 17.2 Å². The van der Waals surface area contributed by atoms with Crippen LogP contribution in [0.5, 0.6) is 0 Å². The quantitative estimate of drug-likeness (QED) is 0.834. The van der Waals surface area contributed by atoms with Crippen LogP contribution < -0.4 is 5.73 Å². The average Bonchev–Trinajstić information content (AvgIpc) is 2.84. The molecular weight excluding hydrogens is 270 g/mol. The first-order valence-corrected chi connectivity index (χ1v) is 6.28. The van der Waals surface area contributed by atoms with Crippen LogP contribution in [0.1, 0.15) is 13.8 Å². The molecule has 3 heterocycles. The topological polar surface area (TPSA) is 88.1 Å². The van der Waals surface area contributed by atoms with Gasteiger partial charge in [0.25, 0.3) is 0 Å². The van der Waals surface area contributed by atoms with Gasteiger partial charge in [-0.1, -0.05) is 11.6 Å². The summed E-state index contributed by atoms with van der Waals surface area (Å²) in [5, 5.41) is 0.255. The van der Waals surface area contributed by atoms with Crippen molar-refractivity contribution >= 4 is 28.7 Å². The van der Waals surface area contributed by atoms with Crippen LogP contribution in [0.2, 0.25) is 5.15 Å². The summed E-state index contributed by atoms with van der Waals surface area (Å²) in [6.45, 7) is 4.87. The molecule has 0 aliphatic carbocycles. The van der Waals surface area contributed by atoms with Crippen LogP contribution in [-0.4, -0.2) is 38.0 Å². The molecule has 0 amide bonds. The molecule has 8 heteroatoms. The average molecular weight is 284 g/mol. The minimum absolute atomic E-state index is 0.0534. The predicted octanol–water partition coefficient (Wildman–Crippen LogP) is 1.21. The third kappa shape index (κ3) is 2.36. The lowest BCUT2D eigenvalue weighted by atomic mass is 10.3. The van der Waals surface area contributed by atoms with Gasteiger partial charge in [-0.05, 0) is 13.8 Å². The Hall–Kier alpha value is -1.44. The molecule has 3 rings (SSSR count). The molecule has 1 aliphatic rings. The summed E-state index contributed by atoms with van der Waals surface area (Å²) in [7, 11) is 0. The number of nitrogens with zero attached hydrogens (tertiary/aromatic N) is 4. The lowest BCUT2D eigenvalue weighted by Gasteiger charge is -2.17. The minimum atomic E-state index is -0.549. The molecule has 1 atom stereocenters. The van der Waals surface area contributed by atoms with E-state index in [2.05, 4.69) is 15.0 Å². The van der Waals surface area contributed by atoms with Crippen molar-refractivity contribution in [2.75, 3.05) is 12.3 Å². The molecule has 1 aliphatic heterocycles.